The average molecular weight is 207 g/mol. The molecule has 1 fully saturated rings. The van der Waals surface area contributed by atoms with Gasteiger partial charge in [0.1, 0.15) is 0 Å². The second kappa shape index (κ2) is 5.21. The number of hydrogen-bond donors (Lipinski definition) is 2. The highest BCUT2D eigenvalue weighted by molar-refractivity contribution is 5.16. The van der Waals surface area contributed by atoms with Gasteiger partial charge in [-0.1, -0.05) is 0 Å². The Balaban J connectivity index is 2.09. The Hall–Kier alpha value is -0.970. The van der Waals surface area contributed by atoms with E-state index < -0.39 is 0 Å². The highest BCUT2D eigenvalue weighted by Crippen LogP contribution is 2.27. The van der Waals surface area contributed by atoms with Crippen LogP contribution in [0.25, 0.3) is 0 Å². The molecule has 0 aromatic carbocycles. The summed E-state index contributed by atoms with van der Waals surface area (Å²) in [5, 5.41) is 0. The molecule has 4 heteroatoms. The zero-order valence-electron chi connectivity index (χ0n) is 8.73. The molecule has 1 aromatic rings. The van der Waals surface area contributed by atoms with Crippen LogP contribution >= 0.6 is 0 Å². The molecule has 0 amide bonds. The van der Waals surface area contributed by atoms with Crippen molar-refractivity contribution in [3.8, 4) is 0 Å². The van der Waals surface area contributed by atoms with Gasteiger partial charge in [0.05, 0.1) is 12.6 Å². The monoisotopic (exact) mass is 207 g/mol. The molecule has 4 nitrogen and oxygen atoms in total. The van der Waals surface area contributed by atoms with Gasteiger partial charge in [-0.25, -0.2) is 0 Å². The Morgan fingerprint density at radius 1 is 1.47 bits per heavy atom. The van der Waals surface area contributed by atoms with Gasteiger partial charge in [-0.05, 0) is 30.5 Å². The van der Waals surface area contributed by atoms with Crippen LogP contribution in [0.5, 0.6) is 0 Å². The van der Waals surface area contributed by atoms with Crippen molar-refractivity contribution in [1.82, 2.24) is 10.4 Å². The second-order valence-corrected chi connectivity index (χ2v) is 3.90. The zero-order chi connectivity index (χ0) is 10.5. The molecule has 0 aliphatic carbocycles. The molecule has 1 saturated heterocycles. The first-order valence-electron chi connectivity index (χ1n) is 5.35. The van der Waals surface area contributed by atoms with Gasteiger partial charge < -0.3 is 4.74 Å². The van der Waals surface area contributed by atoms with Crippen LogP contribution in [0, 0.1) is 5.92 Å². The first-order valence-corrected chi connectivity index (χ1v) is 5.35. The van der Waals surface area contributed by atoms with E-state index in [0.29, 0.717) is 5.92 Å². The van der Waals surface area contributed by atoms with Crippen molar-refractivity contribution in [2.75, 3.05) is 13.2 Å². The van der Waals surface area contributed by atoms with E-state index in [4.69, 9.17) is 10.6 Å². The van der Waals surface area contributed by atoms with Gasteiger partial charge in [-0.2, -0.15) is 0 Å². The van der Waals surface area contributed by atoms with Gasteiger partial charge in [0.15, 0.2) is 0 Å². The van der Waals surface area contributed by atoms with Crippen LogP contribution in [0.3, 0.4) is 0 Å². The van der Waals surface area contributed by atoms with E-state index >= 15 is 0 Å². The maximum atomic E-state index is 5.61. The standard InChI is InChI=1S/C11H17N3O/c12-14-11(9-3-5-13-6-4-9)10-2-1-7-15-8-10/h3-6,10-11,14H,1-2,7-8,12H2. The van der Waals surface area contributed by atoms with Crippen LogP contribution in [-0.4, -0.2) is 18.2 Å². The molecule has 2 unspecified atom stereocenters. The minimum Gasteiger partial charge on any atom is -0.381 e. The SMILES string of the molecule is NNC(c1ccncc1)C1CCCOC1. The maximum absolute atomic E-state index is 5.61. The number of nitrogens with two attached hydrogens (primary N) is 1. The van der Waals surface area contributed by atoms with Crippen LogP contribution in [0.1, 0.15) is 24.4 Å². The lowest BCUT2D eigenvalue weighted by atomic mass is 9.90. The van der Waals surface area contributed by atoms with Crippen molar-refractivity contribution in [3.05, 3.63) is 30.1 Å². The highest BCUT2D eigenvalue weighted by Gasteiger charge is 2.24. The summed E-state index contributed by atoms with van der Waals surface area (Å²) in [6.45, 7) is 1.67. The molecule has 2 rings (SSSR count). The number of rotatable bonds is 3. The summed E-state index contributed by atoms with van der Waals surface area (Å²) in [6.07, 6.45) is 5.87. The molecule has 1 aliphatic rings. The van der Waals surface area contributed by atoms with Gasteiger partial charge in [0.25, 0.3) is 0 Å². The minimum absolute atomic E-state index is 0.174. The summed E-state index contributed by atoms with van der Waals surface area (Å²) in [6, 6.07) is 4.17. The summed E-state index contributed by atoms with van der Waals surface area (Å²) < 4.78 is 5.48. The Morgan fingerprint density at radius 3 is 2.87 bits per heavy atom. The summed E-state index contributed by atoms with van der Waals surface area (Å²) in [7, 11) is 0. The fourth-order valence-corrected chi connectivity index (χ4v) is 2.10. The lowest BCUT2D eigenvalue weighted by molar-refractivity contribution is 0.0390. The van der Waals surface area contributed by atoms with Crippen LogP contribution in [0.4, 0.5) is 0 Å². The molecule has 0 spiro atoms. The van der Waals surface area contributed by atoms with Gasteiger partial charge in [-0.15, -0.1) is 0 Å². The third-order valence-corrected chi connectivity index (χ3v) is 2.91. The van der Waals surface area contributed by atoms with Gasteiger partial charge in [-0.3, -0.25) is 16.3 Å². The van der Waals surface area contributed by atoms with E-state index in [1.165, 1.54) is 5.56 Å². The third-order valence-electron chi connectivity index (χ3n) is 2.91. The van der Waals surface area contributed by atoms with Gasteiger partial charge >= 0.3 is 0 Å². The number of nitrogens with zero attached hydrogens (tertiary/aromatic N) is 1. The van der Waals surface area contributed by atoms with E-state index in [9.17, 15) is 0 Å². The first-order chi connectivity index (χ1) is 7.42. The summed E-state index contributed by atoms with van der Waals surface area (Å²) in [4.78, 5) is 4.01. The summed E-state index contributed by atoms with van der Waals surface area (Å²) >= 11 is 0. The smallest absolute Gasteiger partial charge is 0.0513 e. The molecular formula is C11H17N3O. The van der Waals surface area contributed by atoms with Crippen LogP contribution in [0.2, 0.25) is 0 Å². The van der Waals surface area contributed by atoms with Gasteiger partial charge in [0, 0.05) is 24.9 Å². The number of nitrogens with one attached hydrogen (secondary N) is 1. The van der Waals surface area contributed by atoms with Crippen LogP contribution in [0.15, 0.2) is 24.5 Å². The molecule has 2 heterocycles. The fourth-order valence-electron chi connectivity index (χ4n) is 2.10. The molecule has 0 bridgehead atoms. The molecule has 0 saturated carbocycles. The van der Waals surface area contributed by atoms with Crippen molar-refractivity contribution in [2.45, 2.75) is 18.9 Å². The lowest BCUT2D eigenvalue weighted by Gasteiger charge is -2.29. The normalized spacial score (nSPS) is 23.7. The Morgan fingerprint density at radius 2 is 2.27 bits per heavy atom. The zero-order valence-corrected chi connectivity index (χ0v) is 8.73. The number of aromatic nitrogens is 1. The van der Waals surface area contributed by atoms with E-state index in [1.807, 2.05) is 12.1 Å². The molecule has 3 N–H and O–H groups in total. The molecule has 82 valence electrons. The van der Waals surface area contributed by atoms with Gasteiger partial charge in [0.2, 0.25) is 0 Å². The lowest BCUT2D eigenvalue weighted by Crippen LogP contribution is -2.37. The topological polar surface area (TPSA) is 60.2 Å². The third kappa shape index (κ3) is 2.53. The molecule has 0 radical (unpaired) electrons. The predicted octanol–water partition coefficient (Wildman–Crippen LogP) is 1.01. The quantitative estimate of drug-likeness (QED) is 0.573. The second-order valence-electron chi connectivity index (χ2n) is 3.90. The van der Waals surface area contributed by atoms with E-state index in [-0.39, 0.29) is 6.04 Å². The summed E-state index contributed by atoms with van der Waals surface area (Å²) in [5.74, 6) is 6.07. The van der Waals surface area contributed by atoms with Crippen LogP contribution < -0.4 is 11.3 Å². The minimum atomic E-state index is 0.174. The van der Waals surface area contributed by atoms with Crippen molar-refractivity contribution in [1.29, 1.82) is 0 Å². The van der Waals surface area contributed by atoms with Crippen LogP contribution in [-0.2, 0) is 4.74 Å². The van der Waals surface area contributed by atoms with Crippen molar-refractivity contribution < 1.29 is 4.74 Å². The number of hydrazine groups is 1. The maximum Gasteiger partial charge on any atom is 0.0513 e. The Labute approximate surface area is 89.8 Å². The van der Waals surface area contributed by atoms with Crippen molar-refractivity contribution in [3.63, 3.8) is 0 Å². The van der Waals surface area contributed by atoms with Crippen molar-refractivity contribution in [2.24, 2.45) is 11.8 Å². The van der Waals surface area contributed by atoms with E-state index in [1.54, 1.807) is 12.4 Å². The number of ether oxygens (including phenoxy) is 1. The highest BCUT2D eigenvalue weighted by atomic mass is 16.5. The average Bonchev–Trinajstić information content (AvgIpc) is 2.33. The Kier molecular flexibility index (Phi) is 3.66. The molecule has 15 heavy (non-hydrogen) atoms. The predicted molar refractivity (Wildman–Crippen MR) is 57.8 cm³/mol. The fraction of sp³-hybridized carbons (Fsp3) is 0.545. The van der Waals surface area contributed by atoms with E-state index in [0.717, 1.165) is 26.1 Å². The number of pyridine rings is 1. The molecule has 2 atom stereocenters. The summed E-state index contributed by atoms with van der Waals surface area (Å²) in [5.41, 5.74) is 4.06. The first kappa shape index (κ1) is 10.5. The molecule has 1 aliphatic heterocycles. The Bertz CT molecular complexity index is 285. The molecule has 1 aromatic heterocycles. The molecular weight excluding hydrogens is 190 g/mol. The number of hydrogen-bond acceptors (Lipinski definition) is 4. The van der Waals surface area contributed by atoms with Crippen molar-refractivity contribution >= 4 is 0 Å². The van der Waals surface area contributed by atoms with E-state index in [2.05, 4.69) is 10.4 Å². The largest absolute Gasteiger partial charge is 0.381 e.